The first-order valence-corrected chi connectivity index (χ1v) is 11.4. The smallest absolute Gasteiger partial charge is 0.342 e. The van der Waals surface area contributed by atoms with Gasteiger partial charge < -0.3 is 14.2 Å². The molecule has 0 fully saturated rings. The molecule has 6 nitrogen and oxygen atoms in total. The minimum atomic E-state index is -1.22. The summed E-state index contributed by atoms with van der Waals surface area (Å²) in [5.41, 5.74) is 4.30. The average molecular weight is 452 g/mol. The quantitative estimate of drug-likeness (QED) is 0.382. The lowest BCUT2D eigenvalue weighted by atomic mass is 9.95. The summed E-state index contributed by atoms with van der Waals surface area (Å²) in [7, 11) is 1.60. The molecule has 6 heteroatoms. The standard InChI is InChI=1S/C28H25N3O3/c1-3-8-24-29-21-10-5-7-12-23(21)31(24)17-18-13-15-19(16-14-18)25-20-9-4-6-11-22(20)30(2)27(32)26(25)28(33)34/h4-7,9-16H,3,8,17H2,1-2H3,(H,33,34). The lowest BCUT2D eigenvalue weighted by Gasteiger charge is -2.15. The maximum atomic E-state index is 12.9. The summed E-state index contributed by atoms with van der Waals surface area (Å²) in [6.45, 7) is 2.81. The Morgan fingerprint density at radius 1 is 0.941 bits per heavy atom. The van der Waals surface area contributed by atoms with Crippen LogP contribution in [-0.2, 0) is 20.0 Å². The molecule has 0 spiro atoms. The number of aryl methyl sites for hydroxylation is 2. The van der Waals surface area contributed by atoms with Crippen molar-refractivity contribution in [3.8, 4) is 11.1 Å². The van der Waals surface area contributed by atoms with Crippen LogP contribution in [0, 0.1) is 0 Å². The van der Waals surface area contributed by atoms with E-state index in [1.54, 1.807) is 7.05 Å². The highest BCUT2D eigenvalue weighted by Gasteiger charge is 2.22. The van der Waals surface area contributed by atoms with Crippen LogP contribution in [0.25, 0.3) is 33.1 Å². The Morgan fingerprint density at radius 3 is 2.32 bits per heavy atom. The van der Waals surface area contributed by atoms with Crippen molar-refractivity contribution < 1.29 is 9.90 Å². The van der Waals surface area contributed by atoms with Crippen LogP contribution >= 0.6 is 0 Å². The third kappa shape index (κ3) is 3.57. The molecule has 0 radical (unpaired) electrons. The molecule has 1 N–H and O–H groups in total. The van der Waals surface area contributed by atoms with Crippen molar-refractivity contribution in [1.82, 2.24) is 14.1 Å². The van der Waals surface area contributed by atoms with Crippen molar-refractivity contribution in [2.75, 3.05) is 0 Å². The molecule has 0 aliphatic rings. The maximum absolute atomic E-state index is 12.9. The van der Waals surface area contributed by atoms with Crippen molar-refractivity contribution in [2.24, 2.45) is 7.05 Å². The molecule has 2 heterocycles. The molecule has 0 aliphatic carbocycles. The molecule has 0 amide bonds. The number of hydrogen-bond donors (Lipinski definition) is 1. The number of carbonyl (C=O) groups is 1. The van der Waals surface area contributed by atoms with Crippen molar-refractivity contribution in [2.45, 2.75) is 26.3 Å². The van der Waals surface area contributed by atoms with Gasteiger partial charge in [-0.05, 0) is 35.7 Å². The summed E-state index contributed by atoms with van der Waals surface area (Å²) < 4.78 is 3.64. The van der Waals surface area contributed by atoms with Crippen LogP contribution in [0.2, 0.25) is 0 Å². The van der Waals surface area contributed by atoms with E-state index >= 15 is 0 Å². The van der Waals surface area contributed by atoms with Gasteiger partial charge in [-0.25, -0.2) is 9.78 Å². The lowest BCUT2D eigenvalue weighted by molar-refractivity contribution is 0.0695. The minimum absolute atomic E-state index is 0.209. The van der Waals surface area contributed by atoms with Gasteiger partial charge in [-0.1, -0.05) is 61.5 Å². The first-order valence-electron chi connectivity index (χ1n) is 11.4. The van der Waals surface area contributed by atoms with E-state index in [1.807, 2.05) is 66.7 Å². The lowest BCUT2D eigenvalue weighted by Crippen LogP contribution is -2.26. The number of aromatic nitrogens is 3. The third-order valence-corrected chi connectivity index (χ3v) is 6.31. The van der Waals surface area contributed by atoms with Gasteiger partial charge in [0.1, 0.15) is 11.4 Å². The van der Waals surface area contributed by atoms with Gasteiger partial charge in [-0.15, -0.1) is 0 Å². The second-order valence-electron chi connectivity index (χ2n) is 8.49. The van der Waals surface area contributed by atoms with Crippen LogP contribution in [0.4, 0.5) is 0 Å². The van der Waals surface area contributed by atoms with Gasteiger partial charge in [-0.3, -0.25) is 4.79 Å². The number of carboxylic acid groups (broad SMARTS) is 1. The number of nitrogens with zero attached hydrogens (tertiary/aromatic N) is 3. The van der Waals surface area contributed by atoms with Gasteiger partial charge >= 0.3 is 5.97 Å². The fraction of sp³-hybridized carbons (Fsp3) is 0.179. The fourth-order valence-electron chi connectivity index (χ4n) is 4.67. The topological polar surface area (TPSA) is 77.1 Å². The molecule has 0 aliphatic heterocycles. The summed E-state index contributed by atoms with van der Waals surface area (Å²) in [6, 6.07) is 23.3. The van der Waals surface area contributed by atoms with Gasteiger partial charge in [0.05, 0.1) is 16.6 Å². The summed E-state index contributed by atoms with van der Waals surface area (Å²) in [5, 5.41) is 10.6. The van der Waals surface area contributed by atoms with Gasteiger partial charge in [0.2, 0.25) is 0 Å². The predicted molar refractivity (Wildman–Crippen MR) is 134 cm³/mol. The molecule has 0 saturated heterocycles. The summed E-state index contributed by atoms with van der Waals surface area (Å²) in [6.07, 6.45) is 1.91. The van der Waals surface area contributed by atoms with Crippen LogP contribution in [0.15, 0.2) is 77.6 Å². The predicted octanol–water partition coefficient (Wildman–Crippen LogP) is 5.25. The molecular weight excluding hydrogens is 426 g/mol. The zero-order valence-electron chi connectivity index (χ0n) is 19.2. The number of carboxylic acids is 1. The molecule has 2 aromatic heterocycles. The molecule has 5 aromatic rings. The number of hydrogen-bond acceptors (Lipinski definition) is 3. The number of benzene rings is 3. The highest BCUT2D eigenvalue weighted by molar-refractivity contribution is 6.06. The Morgan fingerprint density at radius 2 is 1.62 bits per heavy atom. The highest BCUT2D eigenvalue weighted by Crippen LogP contribution is 2.31. The van der Waals surface area contributed by atoms with Crippen LogP contribution in [-0.4, -0.2) is 25.2 Å². The van der Waals surface area contributed by atoms with Crippen LogP contribution < -0.4 is 5.56 Å². The number of aromatic carboxylic acids is 1. The van der Waals surface area contributed by atoms with Gasteiger partial charge in [0, 0.05) is 31.0 Å². The van der Waals surface area contributed by atoms with E-state index in [0.717, 1.165) is 40.6 Å². The fourth-order valence-corrected chi connectivity index (χ4v) is 4.67. The summed E-state index contributed by atoms with van der Waals surface area (Å²) >= 11 is 0. The number of fused-ring (bicyclic) bond motifs is 2. The zero-order chi connectivity index (χ0) is 23.8. The molecule has 0 atom stereocenters. The van der Waals surface area contributed by atoms with E-state index in [1.165, 1.54) is 4.57 Å². The molecule has 3 aromatic carbocycles. The molecule has 5 rings (SSSR count). The zero-order valence-corrected chi connectivity index (χ0v) is 19.2. The first kappa shape index (κ1) is 21.6. The van der Waals surface area contributed by atoms with Crippen LogP contribution in [0.5, 0.6) is 0 Å². The van der Waals surface area contributed by atoms with Crippen LogP contribution in [0.3, 0.4) is 0 Å². The average Bonchev–Trinajstić information content (AvgIpc) is 3.19. The van der Waals surface area contributed by atoms with E-state index in [0.29, 0.717) is 23.2 Å². The third-order valence-electron chi connectivity index (χ3n) is 6.31. The first-order chi connectivity index (χ1) is 16.5. The Kier molecular flexibility index (Phi) is 5.49. The Labute approximate surface area is 196 Å². The number of para-hydroxylation sites is 3. The summed E-state index contributed by atoms with van der Waals surface area (Å²) in [4.78, 5) is 29.8. The molecular formula is C28H25N3O3. The summed E-state index contributed by atoms with van der Waals surface area (Å²) in [5.74, 6) is -0.169. The molecule has 170 valence electrons. The van der Waals surface area contributed by atoms with E-state index in [-0.39, 0.29) is 5.56 Å². The molecule has 34 heavy (non-hydrogen) atoms. The van der Waals surface area contributed by atoms with E-state index in [4.69, 9.17) is 4.98 Å². The van der Waals surface area contributed by atoms with Crippen molar-refractivity contribution in [3.63, 3.8) is 0 Å². The number of rotatable bonds is 6. The SMILES string of the molecule is CCCc1nc2ccccc2n1Cc1ccc(-c2c(C(=O)O)c(=O)n(C)c3ccccc23)cc1. The van der Waals surface area contributed by atoms with Gasteiger partial charge in [0.25, 0.3) is 5.56 Å². The molecule has 0 saturated carbocycles. The molecule has 0 bridgehead atoms. The second-order valence-corrected chi connectivity index (χ2v) is 8.49. The Balaban J connectivity index is 1.61. The van der Waals surface area contributed by atoms with E-state index in [2.05, 4.69) is 17.6 Å². The number of imidazole rings is 1. The van der Waals surface area contributed by atoms with Crippen LogP contribution in [0.1, 0.15) is 35.1 Å². The number of pyridine rings is 1. The van der Waals surface area contributed by atoms with Gasteiger partial charge in [-0.2, -0.15) is 0 Å². The van der Waals surface area contributed by atoms with Crippen molar-refractivity contribution in [1.29, 1.82) is 0 Å². The monoisotopic (exact) mass is 451 g/mol. The Bertz CT molecular complexity index is 1590. The Hall–Kier alpha value is -4.19. The van der Waals surface area contributed by atoms with E-state index in [9.17, 15) is 14.7 Å². The minimum Gasteiger partial charge on any atom is -0.477 e. The molecule has 0 unspecified atom stereocenters. The normalized spacial score (nSPS) is 11.4. The van der Waals surface area contributed by atoms with Crippen molar-refractivity contribution in [3.05, 3.63) is 100 Å². The maximum Gasteiger partial charge on any atom is 0.342 e. The highest BCUT2D eigenvalue weighted by atomic mass is 16.4. The second kappa shape index (κ2) is 8.63. The van der Waals surface area contributed by atoms with E-state index < -0.39 is 11.5 Å². The van der Waals surface area contributed by atoms with Gasteiger partial charge in [0.15, 0.2) is 0 Å². The largest absolute Gasteiger partial charge is 0.477 e. The van der Waals surface area contributed by atoms with Crippen molar-refractivity contribution >= 4 is 27.9 Å².